The Kier molecular flexibility index (Phi) is 6.31. The van der Waals surface area contributed by atoms with E-state index in [9.17, 15) is 9.59 Å². The lowest BCUT2D eigenvalue weighted by molar-refractivity contribution is 0.0262. The van der Waals surface area contributed by atoms with Gasteiger partial charge in [-0.25, -0.2) is 0 Å². The predicted molar refractivity (Wildman–Crippen MR) is 133 cm³/mol. The van der Waals surface area contributed by atoms with Gasteiger partial charge in [0.05, 0.1) is 17.2 Å². The number of carbonyl (C=O) groups excluding carboxylic acids is 2. The van der Waals surface area contributed by atoms with Gasteiger partial charge in [0.15, 0.2) is 0 Å². The van der Waals surface area contributed by atoms with Gasteiger partial charge in [0, 0.05) is 44.3 Å². The largest absolute Gasteiger partial charge is 0.487 e. The Labute approximate surface area is 201 Å². The minimum absolute atomic E-state index is 0.00720. The molecule has 2 aromatic carbocycles. The van der Waals surface area contributed by atoms with Crippen LogP contribution in [0.4, 0.5) is 0 Å². The van der Waals surface area contributed by atoms with Crippen molar-refractivity contribution in [1.29, 1.82) is 0 Å². The first-order valence-electron chi connectivity index (χ1n) is 12.4. The van der Waals surface area contributed by atoms with Crippen molar-refractivity contribution < 1.29 is 14.3 Å². The molecule has 0 saturated heterocycles. The van der Waals surface area contributed by atoms with E-state index in [-0.39, 0.29) is 24.0 Å². The molecule has 2 atom stereocenters. The molecule has 1 aliphatic heterocycles. The maximum absolute atomic E-state index is 14.1. The lowest BCUT2D eigenvalue weighted by Crippen LogP contribution is -2.51. The van der Waals surface area contributed by atoms with Crippen molar-refractivity contribution in [3.05, 3.63) is 65.9 Å². The molecule has 0 spiro atoms. The number of hydrogen-bond donors (Lipinski definition) is 0. The first-order valence-corrected chi connectivity index (χ1v) is 12.4. The fourth-order valence-electron chi connectivity index (χ4n) is 5.50. The van der Waals surface area contributed by atoms with E-state index in [0.29, 0.717) is 24.4 Å². The smallest absolute Gasteiger partial charge is 0.257 e. The average Bonchev–Trinajstić information content (AvgIpc) is 3.20. The molecule has 0 bridgehead atoms. The molecule has 178 valence electrons. The molecule has 5 rings (SSSR count). The highest BCUT2D eigenvalue weighted by molar-refractivity contribution is 6.07. The van der Waals surface area contributed by atoms with E-state index < -0.39 is 0 Å². The lowest BCUT2D eigenvalue weighted by atomic mass is 9.90. The number of fused-ring (bicyclic) bond motifs is 3. The Morgan fingerprint density at radius 1 is 0.912 bits per heavy atom. The van der Waals surface area contributed by atoms with Crippen LogP contribution in [0.3, 0.4) is 0 Å². The molecule has 1 aromatic heterocycles. The van der Waals surface area contributed by atoms with Gasteiger partial charge in [0.2, 0.25) is 0 Å². The van der Waals surface area contributed by atoms with Gasteiger partial charge in [-0.3, -0.25) is 9.59 Å². The summed E-state index contributed by atoms with van der Waals surface area (Å²) < 4.78 is 8.59. The maximum atomic E-state index is 14.1. The SMILES string of the molecule is CN1CCCCN(C(=O)c2cn(C)c3ccccc23)[C@@H]2CCCC[C@@H]2Oc2ccccc2C1=O. The molecule has 2 heterocycles. The lowest BCUT2D eigenvalue weighted by Gasteiger charge is -2.40. The Morgan fingerprint density at radius 2 is 1.65 bits per heavy atom. The number of rotatable bonds is 1. The van der Waals surface area contributed by atoms with Crippen LogP contribution in [-0.4, -0.2) is 58.5 Å². The molecule has 2 aliphatic rings. The predicted octanol–water partition coefficient (Wildman–Crippen LogP) is 4.88. The second kappa shape index (κ2) is 9.53. The third-order valence-corrected chi connectivity index (χ3v) is 7.34. The van der Waals surface area contributed by atoms with Gasteiger partial charge in [0.25, 0.3) is 11.8 Å². The van der Waals surface area contributed by atoms with Crippen LogP contribution in [-0.2, 0) is 7.05 Å². The van der Waals surface area contributed by atoms with Gasteiger partial charge < -0.3 is 19.1 Å². The summed E-state index contributed by atoms with van der Waals surface area (Å²) in [5, 5.41) is 0.991. The number of carbonyl (C=O) groups is 2. The van der Waals surface area contributed by atoms with Gasteiger partial charge in [-0.1, -0.05) is 36.8 Å². The summed E-state index contributed by atoms with van der Waals surface area (Å²) in [5.74, 6) is 0.689. The van der Waals surface area contributed by atoms with Crippen LogP contribution in [0.25, 0.3) is 10.9 Å². The van der Waals surface area contributed by atoms with E-state index in [1.165, 1.54) is 0 Å². The van der Waals surface area contributed by atoms with Crippen molar-refractivity contribution in [3.63, 3.8) is 0 Å². The van der Waals surface area contributed by atoms with Crippen molar-refractivity contribution in [2.45, 2.75) is 50.7 Å². The minimum Gasteiger partial charge on any atom is -0.487 e. The molecule has 1 fully saturated rings. The molecule has 34 heavy (non-hydrogen) atoms. The van der Waals surface area contributed by atoms with Gasteiger partial charge in [-0.15, -0.1) is 0 Å². The summed E-state index contributed by atoms with van der Waals surface area (Å²) in [4.78, 5) is 31.0. The zero-order valence-electron chi connectivity index (χ0n) is 20.1. The summed E-state index contributed by atoms with van der Waals surface area (Å²) in [6, 6.07) is 15.6. The fourth-order valence-corrected chi connectivity index (χ4v) is 5.50. The molecule has 1 aliphatic carbocycles. The van der Waals surface area contributed by atoms with Crippen LogP contribution in [0.5, 0.6) is 5.75 Å². The number of ether oxygens (including phenoxy) is 1. The topological polar surface area (TPSA) is 54.8 Å². The molecule has 2 amide bonds. The Hall–Kier alpha value is -3.28. The first-order chi connectivity index (χ1) is 16.5. The highest BCUT2D eigenvalue weighted by atomic mass is 16.5. The van der Waals surface area contributed by atoms with Crippen LogP contribution in [0.15, 0.2) is 54.7 Å². The van der Waals surface area contributed by atoms with Crippen LogP contribution in [0, 0.1) is 0 Å². The maximum Gasteiger partial charge on any atom is 0.257 e. The number of benzene rings is 2. The Bertz CT molecular complexity index is 1200. The molecular formula is C28H33N3O3. The zero-order valence-corrected chi connectivity index (χ0v) is 20.1. The van der Waals surface area contributed by atoms with Crippen LogP contribution in [0.1, 0.15) is 59.2 Å². The molecule has 6 nitrogen and oxygen atoms in total. The van der Waals surface area contributed by atoms with E-state index in [4.69, 9.17) is 4.74 Å². The van der Waals surface area contributed by atoms with Crippen molar-refractivity contribution in [2.24, 2.45) is 7.05 Å². The second-order valence-corrected chi connectivity index (χ2v) is 9.61. The number of aromatic nitrogens is 1. The van der Waals surface area contributed by atoms with E-state index in [2.05, 4.69) is 11.0 Å². The molecule has 0 radical (unpaired) electrons. The minimum atomic E-state index is -0.133. The number of nitrogens with zero attached hydrogens (tertiary/aromatic N) is 3. The number of aryl methyl sites for hydroxylation is 1. The average molecular weight is 460 g/mol. The van der Waals surface area contributed by atoms with E-state index >= 15 is 0 Å². The Balaban J connectivity index is 1.53. The first kappa shape index (κ1) is 22.5. The molecule has 0 unspecified atom stereocenters. The third kappa shape index (κ3) is 4.17. The van der Waals surface area contributed by atoms with Gasteiger partial charge >= 0.3 is 0 Å². The van der Waals surface area contributed by atoms with Gasteiger partial charge in [-0.05, 0) is 50.3 Å². The highest BCUT2D eigenvalue weighted by Crippen LogP contribution is 2.32. The zero-order chi connectivity index (χ0) is 23.7. The van der Waals surface area contributed by atoms with E-state index in [0.717, 1.165) is 55.0 Å². The highest BCUT2D eigenvalue weighted by Gasteiger charge is 2.36. The molecule has 0 N–H and O–H groups in total. The molecule has 6 heteroatoms. The Morgan fingerprint density at radius 3 is 2.53 bits per heavy atom. The standard InChI is InChI=1S/C28H33N3O3/c1-29-17-9-10-18-31(28(33)22-19-30(2)23-13-5-3-11-20(22)23)24-14-6-8-16-26(24)34-25-15-7-4-12-21(25)27(29)32/h3-5,7,11-13,15,19,24,26H,6,8-10,14,16-18H2,1-2H3/t24-,26+/m1/s1. The van der Waals surface area contributed by atoms with Crippen molar-refractivity contribution >= 4 is 22.7 Å². The van der Waals surface area contributed by atoms with Gasteiger partial charge in [-0.2, -0.15) is 0 Å². The second-order valence-electron chi connectivity index (χ2n) is 9.61. The van der Waals surface area contributed by atoms with Crippen molar-refractivity contribution in [3.8, 4) is 5.75 Å². The number of para-hydroxylation sites is 2. The summed E-state index contributed by atoms with van der Waals surface area (Å²) in [7, 11) is 3.83. The number of hydrogen-bond acceptors (Lipinski definition) is 3. The van der Waals surface area contributed by atoms with Crippen molar-refractivity contribution in [1.82, 2.24) is 14.4 Å². The fraction of sp³-hybridized carbons (Fsp3) is 0.429. The van der Waals surface area contributed by atoms with Gasteiger partial charge in [0.1, 0.15) is 11.9 Å². The quantitative estimate of drug-likeness (QED) is 0.521. The summed E-state index contributed by atoms with van der Waals surface area (Å²) in [6.07, 6.45) is 7.45. The normalized spacial score (nSPS) is 21.8. The number of amides is 2. The van der Waals surface area contributed by atoms with E-state index in [1.807, 2.05) is 67.3 Å². The summed E-state index contributed by atoms with van der Waals surface area (Å²) in [5.41, 5.74) is 2.41. The third-order valence-electron chi connectivity index (χ3n) is 7.34. The van der Waals surface area contributed by atoms with Crippen LogP contribution in [0.2, 0.25) is 0 Å². The van der Waals surface area contributed by atoms with Crippen molar-refractivity contribution in [2.75, 3.05) is 20.1 Å². The van der Waals surface area contributed by atoms with Crippen LogP contribution >= 0.6 is 0 Å². The summed E-state index contributed by atoms with van der Waals surface area (Å²) >= 11 is 0. The van der Waals surface area contributed by atoms with Crippen LogP contribution < -0.4 is 4.74 Å². The monoisotopic (exact) mass is 459 g/mol. The van der Waals surface area contributed by atoms with E-state index in [1.54, 1.807) is 4.90 Å². The molecule has 1 saturated carbocycles. The molecular weight excluding hydrogens is 426 g/mol. The summed E-state index contributed by atoms with van der Waals surface area (Å²) in [6.45, 7) is 1.31. The molecule has 3 aromatic rings.